The number of likely N-dealkylation sites (N-methyl/N-ethyl adjacent to an activating group) is 1. The molecule has 156 valence electrons. The molecule has 1 N–H and O–H groups in total. The van der Waals surface area contributed by atoms with E-state index < -0.39 is 6.10 Å². The Hall–Kier alpha value is -0.520. The molecule has 0 amide bonds. The number of hydrogen-bond donors (Lipinski definition) is 1. The lowest BCUT2D eigenvalue weighted by molar-refractivity contribution is -0.00100. The Kier molecular flexibility index (Phi) is 11.7. The summed E-state index contributed by atoms with van der Waals surface area (Å²) < 4.78 is 5.81. The first-order chi connectivity index (χ1) is 12.2. The van der Waals surface area contributed by atoms with Crippen molar-refractivity contribution >= 4 is 0 Å². The second-order valence-corrected chi connectivity index (χ2v) is 7.60. The summed E-state index contributed by atoms with van der Waals surface area (Å²) in [5.74, 6) is 1.60. The van der Waals surface area contributed by atoms with Crippen molar-refractivity contribution in [3.05, 3.63) is 29.8 Å². The van der Waals surface area contributed by atoms with Crippen molar-refractivity contribution in [1.82, 2.24) is 9.80 Å². The van der Waals surface area contributed by atoms with Gasteiger partial charge in [0, 0.05) is 32.7 Å². The van der Waals surface area contributed by atoms with E-state index in [-0.39, 0.29) is 24.8 Å². The van der Waals surface area contributed by atoms with Crippen molar-refractivity contribution in [2.45, 2.75) is 51.0 Å². The predicted octanol–water partition coefficient (Wildman–Crippen LogP) is -2.88. The van der Waals surface area contributed by atoms with Gasteiger partial charge in [-0.15, -0.1) is 0 Å². The standard InChI is InChI=1S/C21H34N2O2.2ClH/c1-2-22-12-14-23(15-13-22)16-20(24)17-25-21-10-8-19(9-11-21)18-6-4-3-5-7-18;;/h8-11,18,20,24H,2-7,12-17H2,1H3;2*1H/p-2. The largest absolute Gasteiger partial charge is 1.00 e. The number of nitrogens with zero attached hydrogens (tertiary/aromatic N) is 2. The fourth-order valence-corrected chi connectivity index (χ4v) is 4.10. The first-order valence-electron chi connectivity index (χ1n) is 10.1. The Morgan fingerprint density at radius 1 is 0.963 bits per heavy atom. The summed E-state index contributed by atoms with van der Waals surface area (Å²) in [6.07, 6.45) is 6.34. The first kappa shape index (κ1) is 24.5. The maximum Gasteiger partial charge on any atom is 0.119 e. The summed E-state index contributed by atoms with van der Waals surface area (Å²) >= 11 is 0. The number of rotatable bonds is 7. The molecule has 0 radical (unpaired) electrons. The third-order valence-electron chi connectivity index (χ3n) is 5.78. The van der Waals surface area contributed by atoms with Crippen molar-refractivity contribution < 1.29 is 34.7 Å². The average molecular weight is 417 g/mol. The Labute approximate surface area is 177 Å². The number of β-amino-alcohol motifs (C(OH)–C–C–N with tert-alkyl or cyclic N) is 1. The highest BCUT2D eigenvalue weighted by Crippen LogP contribution is 2.33. The summed E-state index contributed by atoms with van der Waals surface area (Å²) in [5, 5.41) is 10.3. The topological polar surface area (TPSA) is 35.9 Å². The van der Waals surface area contributed by atoms with Gasteiger partial charge in [-0.3, -0.25) is 4.90 Å². The zero-order chi connectivity index (χ0) is 17.5. The molecule has 1 atom stereocenters. The second-order valence-electron chi connectivity index (χ2n) is 7.60. The van der Waals surface area contributed by atoms with Crippen molar-refractivity contribution in [2.75, 3.05) is 45.9 Å². The highest BCUT2D eigenvalue weighted by Gasteiger charge is 2.19. The predicted molar refractivity (Wildman–Crippen MR) is 102 cm³/mol. The summed E-state index contributed by atoms with van der Waals surface area (Å²) in [6.45, 7) is 8.70. The maximum atomic E-state index is 10.3. The minimum atomic E-state index is -0.425. The fourth-order valence-electron chi connectivity index (χ4n) is 4.10. The van der Waals surface area contributed by atoms with Crippen molar-refractivity contribution in [2.24, 2.45) is 0 Å². The molecule has 1 aliphatic heterocycles. The zero-order valence-electron chi connectivity index (χ0n) is 16.5. The van der Waals surface area contributed by atoms with Gasteiger partial charge in [0.15, 0.2) is 0 Å². The van der Waals surface area contributed by atoms with Crippen molar-refractivity contribution in [3.63, 3.8) is 0 Å². The molecule has 4 nitrogen and oxygen atoms in total. The van der Waals surface area contributed by atoms with Crippen LogP contribution in [0.5, 0.6) is 5.75 Å². The van der Waals surface area contributed by atoms with Crippen LogP contribution in [0.15, 0.2) is 24.3 Å². The highest BCUT2D eigenvalue weighted by molar-refractivity contribution is 5.29. The molecular weight excluding hydrogens is 383 g/mol. The zero-order valence-corrected chi connectivity index (χ0v) is 18.0. The molecule has 1 aromatic rings. The number of hydrogen-bond acceptors (Lipinski definition) is 4. The van der Waals surface area contributed by atoms with Gasteiger partial charge in [-0.1, -0.05) is 38.3 Å². The molecule has 2 fully saturated rings. The van der Waals surface area contributed by atoms with E-state index in [0.717, 1.165) is 44.4 Å². The SMILES string of the molecule is CCN1CCN(CC(O)COc2ccc(C3CCCCC3)cc2)CC1.[Cl-].[Cl-]. The van der Waals surface area contributed by atoms with E-state index in [0.29, 0.717) is 13.2 Å². The van der Waals surface area contributed by atoms with Crippen LogP contribution in [0.2, 0.25) is 0 Å². The van der Waals surface area contributed by atoms with Crippen LogP contribution in [0.25, 0.3) is 0 Å². The maximum absolute atomic E-state index is 10.3. The van der Waals surface area contributed by atoms with Gasteiger partial charge in [0.2, 0.25) is 0 Å². The normalized spacial score (nSPS) is 20.4. The summed E-state index contributed by atoms with van der Waals surface area (Å²) in [4.78, 5) is 4.79. The quantitative estimate of drug-likeness (QED) is 0.517. The molecule has 1 aromatic carbocycles. The summed E-state index contributed by atoms with van der Waals surface area (Å²) in [7, 11) is 0. The molecule has 0 bridgehead atoms. The van der Waals surface area contributed by atoms with Crippen LogP contribution < -0.4 is 29.6 Å². The molecule has 0 aromatic heterocycles. The lowest BCUT2D eigenvalue weighted by atomic mass is 9.84. The smallest absolute Gasteiger partial charge is 0.119 e. The Morgan fingerprint density at radius 3 is 2.15 bits per heavy atom. The molecule has 27 heavy (non-hydrogen) atoms. The van der Waals surface area contributed by atoms with E-state index >= 15 is 0 Å². The highest BCUT2D eigenvalue weighted by atomic mass is 35.5. The van der Waals surface area contributed by atoms with Gasteiger partial charge in [-0.25, -0.2) is 0 Å². The van der Waals surface area contributed by atoms with Gasteiger partial charge in [-0.05, 0) is 43.0 Å². The molecule has 1 aliphatic carbocycles. The molecule has 3 rings (SSSR count). The van der Waals surface area contributed by atoms with Gasteiger partial charge < -0.3 is 39.6 Å². The number of ether oxygens (including phenoxy) is 1. The van der Waals surface area contributed by atoms with Crippen molar-refractivity contribution in [3.8, 4) is 5.75 Å². The molecule has 0 spiro atoms. The molecule has 1 unspecified atom stereocenters. The van der Waals surface area contributed by atoms with Crippen LogP contribution in [-0.4, -0.2) is 66.9 Å². The minimum Gasteiger partial charge on any atom is -1.00 e. The third-order valence-corrected chi connectivity index (χ3v) is 5.78. The molecule has 1 heterocycles. The molecule has 6 heteroatoms. The van der Waals surface area contributed by atoms with Gasteiger partial charge >= 0.3 is 0 Å². The first-order valence-corrected chi connectivity index (χ1v) is 10.1. The molecule has 2 aliphatic rings. The Morgan fingerprint density at radius 2 is 1.56 bits per heavy atom. The van der Waals surface area contributed by atoms with E-state index in [1.165, 1.54) is 37.7 Å². The van der Waals surface area contributed by atoms with E-state index in [1.807, 2.05) is 0 Å². The molecular formula is C21H34Cl2N2O2-2. The Balaban J connectivity index is 0.00000182. The van der Waals surface area contributed by atoms with Crippen LogP contribution in [0.4, 0.5) is 0 Å². The van der Waals surface area contributed by atoms with E-state index in [4.69, 9.17) is 4.74 Å². The number of aliphatic hydroxyl groups excluding tert-OH is 1. The minimum absolute atomic E-state index is 0. The third kappa shape index (κ3) is 7.78. The van der Waals surface area contributed by atoms with Crippen LogP contribution >= 0.6 is 0 Å². The molecule has 1 saturated carbocycles. The number of aliphatic hydroxyl groups is 1. The van der Waals surface area contributed by atoms with Gasteiger partial charge in [0.05, 0.1) is 0 Å². The van der Waals surface area contributed by atoms with E-state index in [2.05, 4.69) is 41.0 Å². The number of benzene rings is 1. The summed E-state index contributed by atoms with van der Waals surface area (Å²) in [6, 6.07) is 8.55. The summed E-state index contributed by atoms with van der Waals surface area (Å²) in [5.41, 5.74) is 1.45. The van der Waals surface area contributed by atoms with Crippen molar-refractivity contribution in [1.29, 1.82) is 0 Å². The van der Waals surface area contributed by atoms with Gasteiger partial charge in [0.1, 0.15) is 18.5 Å². The van der Waals surface area contributed by atoms with E-state index in [1.54, 1.807) is 0 Å². The van der Waals surface area contributed by atoms with Gasteiger partial charge in [0.25, 0.3) is 0 Å². The lowest BCUT2D eigenvalue weighted by Gasteiger charge is -2.34. The number of piperazine rings is 1. The second kappa shape index (κ2) is 12.8. The monoisotopic (exact) mass is 416 g/mol. The van der Waals surface area contributed by atoms with Crippen LogP contribution in [0, 0.1) is 0 Å². The van der Waals surface area contributed by atoms with Crippen LogP contribution in [-0.2, 0) is 0 Å². The average Bonchev–Trinajstić information content (AvgIpc) is 2.68. The number of halogens is 2. The molecule has 1 saturated heterocycles. The fraction of sp³-hybridized carbons (Fsp3) is 0.714. The van der Waals surface area contributed by atoms with Crippen LogP contribution in [0.3, 0.4) is 0 Å². The Bertz CT molecular complexity index is 501. The van der Waals surface area contributed by atoms with E-state index in [9.17, 15) is 5.11 Å². The van der Waals surface area contributed by atoms with Gasteiger partial charge in [-0.2, -0.15) is 0 Å². The van der Waals surface area contributed by atoms with Crippen LogP contribution in [0.1, 0.15) is 50.5 Å². The lowest BCUT2D eigenvalue weighted by Crippen LogP contribution is -3.00.